The minimum absolute atomic E-state index is 0.911. The van der Waals surface area contributed by atoms with Crippen LogP contribution in [-0.4, -0.2) is 18.0 Å². The third kappa shape index (κ3) is 5.06. The summed E-state index contributed by atoms with van der Waals surface area (Å²) in [6, 6.07) is 0. The third-order valence-corrected chi connectivity index (χ3v) is 3.02. The second-order valence-electron chi connectivity index (χ2n) is 4.95. The Hall–Kier alpha value is -0.720. The Morgan fingerprint density at radius 2 is 1.93 bits per heavy atom. The lowest BCUT2D eigenvalue weighted by atomic mass is 9.89. The number of hydrogen-bond acceptors (Lipinski definition) is 1. The van der Waals surface area contributed by atoms with Crippen LogP contribution >= 0.6 is 0 Å². The third-order valence-electron chi connectivity index (χ3n) is 3.02. The van der Waals surface area contributed by atoms with Crippen LogP contribution < -0.4 is 0 Å². The van der Waals surface area contributed by atoms with E-state index in [-0.39, 0.29) is 0 Å². The van der Waals surface area contributed by atoms with E-state index in [1.54, 1.807) is 0 Å². The highest BCUT2D eigenvalue weighted by atomic mass is 15.1. The summed E-state index contributed by atoms with van der Waals surface area (Å²) in [5, 5.41) is 0. The molecule has 0 aromatic rings. The van der Waals surface area contributed by atoms with E-state index in [2.05, 4.69) is 31.5 Å². The maximum absolute atomic E-state index is 3.83. The van der Waals surface area contributed by atoms with Crippen molar-refractivity contribution >= 4 is 0 Å². The first-order valence-electron chi connectivity index (χ1n) is 6.22. The first-order valence-corrected chi connectivity index (χ1v) is 6.22. The van der Waals surface area contributed by atoms with Crippen LogP contribution in [-0.2, 0) is 0 Å². The first kappa shape index (κ1) is 12.4. The van der Waals surface area contributed by atoms with Crippen LogP contribution in [0.3, 0.4) is 0 Å². The van der Waals surface area contributed by atoms with Crippen LogP contribution in [0.15, 0.2) is 24.4 Å². The van der Waals surface area contributed by atoms with Gasteiger partial charge in [-0.3, -0.25) is 0 Å². The van der Waals surface area contributed by atoms with Crippen molar-refractivity contribution in [2.45, 2.75) is 46.0 Å². The van der Waals surface area contributed by atoms with E-state index in [4.69, 9.17) is 0 Å². The molecule has 0 aromatic carbocycles. The predicted octanol–water partition coefficient (Wildman–Crippen LogP) is 3.98. The minimum atomic E-state index is 0.911. The molecular formula is C14H25N. The molecule has 0 amide bonds. The highest BCUT2D eigenvalue weighted by Gasteiger charge is 2.15. The van der Waals surface area contributed by atoms with Gasteiger partial charge in [-0.15, -0.1) is 6.58 Å². The number of rotatable bonds is 5. The fourth-order valence-electron chi connectivity index (χ4n) is 2.41. The summed E-state index contributed by atoms with van der Waals surface area (Å²) in [5.41, 5.74) is 1.38. The Labute approximate surface area is 94.9 Å². The predicted molar refractivity (Wildman–Crippen MR) is 67.8 cm³/mol. The van der Waals surface area contributed by atoms with Crippen molar-refractivity contribution in [2.75, 3.05) is 13.1 Å². The van der Waals surface area contributed by atoms with Gasteiger partial charge in [-0.05, 0) is 38.8 Å². The first-order chi connectivity index (χ1) is 7.22. The maximum Gasteiger partial charge on any atom is 0.0351 e. The van der Waals surface area contributed by atoms with Crippen LogP contribution in [0.5, 0.6) is 0 Å². The molecule has 1 nitrogen and oxygen atoms in total. The Balaban J connectivity index is 2.41. The molecule has 0 unspecified atom stereocenters. The average Bonchev–Trinajstić information content (AvgIpc) is 2.18. The van der Waals surface area contributed by atoms with Crippen molar-refractivity contribution in [2.24, 2.45) is 5.92 Å². The molecule has 1 aliphatic rings. The van der Waals surface area contributed by atoms with Crippen LogP contribution in [0.2, 0.25) is 0 Å². The Morgan fingerprint density at radius 3 is 2.47 bits per heavy atom. The van der Waals surface area contributed by atoms with E-state index >= 15 is 0 Å². The van der Waals surface area contributed by atoms with Gasteiger partial charge in [0.15, 0.2) is 0 Å². The second-order valence-corrected chi connectivity index (χ2v) is 4.95. The molecule has 86 valence electrons. The molecule has 0 bridgehead atoms. The summed E-state index contributed by atoms with van der Waals surface area (Å²) in [5.74, 6) is 0.911. The zero-order valence-corrected chi connectivity index (χ0v) is 10.3. The van der Waals surface area contributed by atoms with Crippen molar-refractivity contribution in [3.8, 4) is 0 Å². The highest BCUT2D eigenvalue weighted by Crippen LogP contribution is 2.24. The molecule has 1 saturated carbocycles. The molecule has 0 N–H and O–H groups in total. The van der Waals surface area contributed by atoms with Crippen LogP contribution in [0.25, 0.3) is 0 Å². The number of nitrogens with zero attached hydrogens (tertiary/aromatic N) is 1. The number of allylic oxidation sites excluding steroid dienone is 1. The van der Waals surface area contributed by atoms with E-state index in [1.165, 1.54) is 44.2 Å². The van der Waals surface area contributed by atoms with Crippen molar-refractivity contribution in [3.05, 3.63) is 24.4 Å². The smallest absolute Gasteiger partial charge is 0.0351 e. The SMILES string of the molecule is C=CCN(C=C(C)C)CC1CCCCC1. The molecule has 1 aliphatic carbocycles. The fourth-order valence-corrected chi connectivity index (χ4v) is 2.41. The molecule has 1 fully saturated rings. The zero-order chi connectivity index (χ0) is 11.1. The lowest BCUT2D eigenvalue weighted by molar-refractivity contribution is 0.267. The van der Waals surface area contributed by atoms with E-state index in [1.807, 2.05) is 6.08 Å². The Bertz CT molecular complexity index is 207. The summed E-state index contributed by atoms with van der Waals surface area (Å²) in [6.07, 6.45) is 11.4. The summed E-state index contributed by atoms with van der Waals surface area (Å²) in [6.45, 7) is 10.4. The minimum Gasteiger partial charge on any atom is -0.373 e. The molecule has 0 spiro atoms. The molecule has 0 aromatic heterocycles. The quantitative estimate of drug-likeness (QED) is 0.616. The largest absolute Gasteiger partial charge is 0.373 e. The van der Waals surface area contributed by atoms with Gasteiger partial charge < -0.3 is 4.90 Å². The lowest BCUT2D eigenvalue weighted by Crippen LogP contribution is -2.26. The summed E-state index contributed by atoms with van der Waals surface area (Å²) in [4.78, 5) is 2.42. The van der Waals surface area contributed by atoms with Gasteiger partial charge in [0.2, 0.25) is 0 Å². The monoisotopic (exact) mass is 207 g/mol. The molecule has 0 saturated heterocycles. The maximum atomic E-state index is 3.83. The van der Waals surface area contributed by atoms with Crippen molar-refractivity contribution < 1.29 is 0 Å². The fraction of sp³-hybridized carbons (Fsp3) is 0.714. The Morgan fingerprint density at radius 1 is 1.27 bits per heavy atom. The van der Waals surface area contributed by atoms with Gasteiger partial charge in [0, 0.05) is 13.1 Å². The normalized spacial score (nSPS) is 17.2. The summed E-state index contributed by atoms with van der Waals surface area (Å²) >= 11 is 0. The van der Waals surface area contributed by atoms with Gasteiger partial charge in [0.1, 0.15) is 0 Å². The molecular weight excluding hydrogens is 182 g/mol. The van der Waals surface area contributed by atoms with Gasteiger partial charge in [-0.2, -0.15) is 0 Å². The molecule has 0 heterocycles. The van der Waals surface area contributed by atoms with Gasteiger partial charge >= 0.3 is 0 Å². The van der Waals surface area contributed by atoms with Gasteiger partial charge in [0.25, 0.3) is 0 Å². The standard InChI is InChI=1S/C14H25N/c1-4-10-15(11-13(2)3)12-14-8-6-5-7-9-14/h4,11,14H,1,5-10,12H2,2-3H3. The molecule has 1 rings (SSSR count). The molecule has 0 atom stereocenters. The highest BCUT2D eigenvalue weighted by molar-refractivity contribution is 4.95. The van der Waals surface area contributed by atoms with Gasteiger partial charge in [0.05, 0.1) is 0 Å². The zero-order valence-electron chi connectivity index (χ0n) is 10.3. The van der Waals surface area contributed by atoms with E-state index < -0.39 is 0 Å². The molecule has 15 heavy (non-hydrogen) atoms. The van der Waals surface area contributed by atoms with E-state index in [9.17, 15) is 0 Å². The van der Waals surface area contributed by atoms with Gasteiger partial charge in [-0.1, -0.05) is 30.9 Å². The van der Waals surface area contributed by atoms with Gasteiger partial charge in [-0.25, -0.2) is 0 Å². The molecule has 0 radical (unpaired) electrons. The van der Waals surface area contributed by atoms with Crippen LogP contribution in [0.4, 0.5) is 0 Å². The van der Waals surface area contributed by atoms with Crippen molar-refractivity contribution in [3.63, 3.8) is 0 Å². The summed E-state index contributed by atoms with van der Waals surface area (Å²) < 4.78 is 0. The van der Waals surface area contributed by atoms with Crippen LogP contribution in [0, 0.1) is 5.92 Å². The second kappa shape index (κ2) is 6.71. The molecule has 0 aliphatic heterocycles. The Kier molecular flexibility index (Phi) is 5.52. The topological polar surface area (TPSA) is 3.24 Å². The van der Waals surface area contributed by atoms with E-state index in [0.29, 0.717) is 0 Å². The van der Waals surface area contributed by atoms with E-state index in [0.717, 1.165) is 12.5 Å². The average molecular weight is 207 g/mol. The summed E-state index contributed by atoms with van der Waals surface area (Å²) in [7, 11) is 0. The van der Waals surface area contributed by atoms with Crippen molar-refractivity contribution in [1.82, 2.24) is 4.90 Å². The van der Waals surface area contributed by atoms with Crippen LogP contribution in [0.1, 0.15) is 46.0 Å². The number of hydrogen-bond donors (Lipinski definition) is 0. The molecule has 1 heteroatoms. The van der Waals surface area contributed by atoms with Crippen molar-refractivity contribution in [1.29, 1.82) is 0 Å². The lowest BCUT2D eigenvalue weighted by Gasteiger charge is -2.28.